The summed E-state index contributed by atoms with van der Waals surface area (Å²) in [5, 5.41) is 2.62. The number of hydrogen-bond acceptors (Lipinski definition) is 3. The summed E-state index contributed by atoms with van der Waals surface area (Å²) >= 11 is 0. The molecule has 1 aliphatic rings. The average Bonchev–Trinajstić information content (AvgIpc) is 1.79. The minimum absolute atomic E-state index is 0.00792. The monoisotopic (exact) mass is 185 g/mol. The first-order chi connectivity index (χ1) is 5.87. The van der Waals surface area contributed by atoms with Gasteiger partial charge in [-0.05, 0) is 20.8 Å². The Morgan fingerprint density at radius 2 is 2.15 bits per heavy atom. The number of β-lactam (4-membered cyclic amide) rings is 1. The van der Waals surface area contributed by atoms with Crippen LogP contribution in [-0.2, 0) is 14.3 Å². The zero-order chi connectivity index (χ0) is 10.1. The normalized spacial score (nSPS) is 21.8. The fourth-order valence-electron chi connectivity index (χ4n) is 1.14. The molecule has 1 fully saturated rings. The third-order valence-electron chi connectivity index (χ3n) is 1.63. The van der Waals surface area contributed by atoms with Crippen LogP contribution in [0.15, 0.2) is 0 Å². The van der Waals surface area contributed by atoms with Crippen LogP contribution in [0, 0.1) is 0 Å². The zero-order valence-corrected chi connectivity index (χ0v) is 8.22. The van der Waals surface area contributed by atoms with Gasteiger partial charge in [0, 0.05) is 12.5 Å². The molecule has 0 aromatic heterocycles. The van der Waals surface area contributed by atoms with E-state index in [9.17, 15) is 9.59 Å². The Morgan fingerprint density at radius 1 is 1.62 bits per heavy atom. The van der Waals surface area contributed by atoms with Crippen molar-refractivity contribution in [1.29, 1.82) is 0 Å². The minimum atomic E-state index is -0.440. The molecule has 0 spiro atoms. The maximum absolute atomic E-state index is 11.2. The van der Waals surface area contributed by atoms with Crippen molar-refractivity contribution in [3.8, 4) is 0 Å². The van der Waals surface area contributed by atoms with E-state index in [0.29, 0.717) is 6.42 Å². The molecule has 1 N–H and O–H groups in total. The van der Waals surface area contributed by atoms with E-state index in [1.807, 2.05) is 20.8 Å². The lowest BCUT2D eigenvalue weighted by Crippen LogP contribution is -2.49. The minimum Gasteiger partial charge on any atom is -0.460 e. The molecule has 1 aliphatic heterocycles. The van der Waals surface area contributed by atoms with Crippen LogP contribution < -0.4 is 5.32 Å². The number of nitrogens with one attached hydrogen (secondary N) is 1. The molecule has 0 bridgehead atoms. The van der Waals surface area contributed by atoms with Crippen molar-refractivity contribution in [3.63, 3.8) is 0 Å². The van der Waals surface area contributed by atoms with Gasteiger partial charge in [0.1, 0.15) is 5.60 Å². The Morgan fingerprint density at radius 3 is 2.54 bits per heavy atom. The van der Waals surface area contributed by atoms with E-state index in [2.05, 4.69) is 5.32 Å². The van der Waals surface area contributed by atoms with Gasteiger partial charge < -0.3 is 10.1 Å². The third kappa shape index (κ3) is 3.44. The van der Waals surface area contributed by atoms with E-state index in [0.717, 1.165) is 0 Å². The fourth-order valence-corrected chi connectivity index (χ4v) is 1.14. The van der Waals surface area contributed by atoms with Crippen LogP contribution in [0.2, 0.25) is 0 Å². The molecule has 1 saturated heterocycles. The number of esters is 1. The first-order valence-electron chi connectivity index (χ1n) is 4.38. The second-order valence-corrected chi connectivity index (χ2v) is 4.26. The zero-order valence-electron chi connectivity index (χ0n) is 8.22. The Kier molecular flexibility index (Phi) is 2.59. The lowest BCUT2D eigenvalue weighted by Gasteiger charge is -2.27. The van der Waals surface area contributed by atoms with E-state index >= 15 is 0 Å². The molecule has 0 aromatic carbocycles. The lowest BCUT2D eigenvalue weighted by molar-refractivity contribution is -0.156. The van der Waals surface area contributed by atoms with Crippen LogP contribution in [0.4, 0.5) is 0 Å². The molecule has 13 heavy (non-hydrogen) atoms. The third-order valence-corrected chi connectivity index (χ3v) is 1.63. The molecule has 1 heterocycles. The molecule has 4 nitrogen and oxygen atoms in total. The smallest absolute Gasteiger partial charge is 0.308 e. The van der Waals surface area contributed by atoms with Gasteiger partial charge >= 0.3 is 5.97 Å². The van der Waals surface area contributed by atoms with Gasteiger partial charge in [-0.15, -0.1) is 0 Å². The van der Waals surface area contributed by atoms with E-state index in [1.54, 1.807) is 0 Å². The van der Waals surface area contributed by atoms with Crippen molar-refractivity contribution in [1.82, 2.24) is 5.32 Å². The molecule has 0 aliphatic carbocycles. The lowest BCUT2D eigenvalue weighted by atomic mass is 10.0. The summed E-state index contributed by atoms with van der Waals surface area (Å²) in [5.41, 5.74) is -0.440. The van der Waals surface area contributed by atoms with E-state index in [-0.39, 0.29) is 24.3 Å². The van der Waals surface area contributed by atoms with Crippen molar-refractivity contribution in [2.24, 2.45) is 0 Å². The van der Waals surface area contributed by atoms with Gasteiger partial charge in [-0.2, -0.15) is 0 Å². The van der Waals surface area contributed by atoms with Crippen molar-refractivity contribution in [2.45, 2.75) is 45.3 Å². The molecular weight excluding hydrogens is 170 g/mol. The summed E-state index contributed by atoms with van der Waals surface area (Å²) in [6.45, 7) is 5.47. The first kappa shape index (κ1) is 10.0. The summed E-state index contributed by atoms with van der Waals surface area (Å²) in [7, 11) is 0. The van der Waals surface area contributed by atoms with Gasteiger partial charge in [0.2, 0.25) is 5.91 Å². The molecule has 0 aromatic rings. The van der Waals surface area contributed by atoms with Crippen molar-refractivity contribution < 1.29 is 14.3 Å². The van der Waals surface area contributed by atoms with Crippen LogP contribution >= 0.6 is 0 Å². The standard InChI is InChI=1S/C9H15NO3/c1-9(2,3)13-8(12)5-6-4-7(11)10-6/h6H,4-5H2,1-3H3,(H,10,11)/t6-/m1/s1. The van der Waals surface area contributed by atoms with Gasteiger partial charge in [-0.25, -0.2) is 0 Å². The molecule has 4 heteroatoms. The van der Waals surface area contributed by atoms with Gasteiger partial charge in [-0.1, -0.05) is 0 Å². The topological polar surface area (TPSA) is 55.4 Å². The highest BCUT2D eigenvalue weighted by Gasteiger charge is 2.29. The number of hydrogen-bond donors (Lipinski definition) is 1. The predicted molar refractivity (Wildman–Crippen MR) is 47.0 cm³/mol. The van der Waals surface area contributed by atoms with Crippen LogP contribution in [0.5, 0.6) is 0 Å². The fraction of sp³-hybridized carbons (Fsp3) is 0.778. The number of carbonyl (C=O) groups is 2. The van der Waals surface area contributed by atoms with Crippen molar-refractivity contribution in [2.75, 3.05) is 0 Å². The van der Waals surface area contributed by atoms with Crippen LogP contribution in [0.25, 0.3) is 0 Å². The average molecular weight is 185 g/mol. The summed E-state index contributed by atoms with van der Waals surface area (Å²) in [5.74, 6) is -0.244. The summed E-state index contributed by atoms with van der Waals surface area (Å²) in [4.78, 5) is 21.7. The molecule has 1 atom stereocenters. The van der Waals surface area contributed by atoms with Gasteiger partial charge in [0.25, 0.3) is 0 Å². The summed E-state index contributed by atoms with van der Waals surface area (Å²) < 4.78 is 5.09. The maximum Gasteiger partial charge on any atom is 0.308 e. The van der Waals surface area contributed by atoms with Crippen molar-refractivity contribution >= 4 is 11.9 Å². The summed E-state index contributed by atoms with van der Waals surface area (Å²) in [6, 6.07) is -0.0117. The number of amides is 1. The van der Waals surface area contributed by atoms with Crippen LogP contribution in [0.1, 0.15) is 33.6 Å². The van der Waals surface area contributed by atoms with Gasteiger partial charge in [-0.3, -0.25) is 9.59 Å². The highest BCUT2D eigenvalue weighted by Crippen LogP contribution is 2.13. The number of rotatable bonds is 2. The Labute approximate surface area is 77.6 Å². The number of carbonyl (C=O) groups excluding carboxylic acids is 2. The number of ether oxygens (including phenoxy) is 1. The highest BCUT2D eigenvalue weighted by molar-refractivity contribution is 5.85. The van der Waals surface area contributed by atoms with E-state index in [4.69, 9.17) is 4.74 Å². The largest absolute Gasteiger partial charge is 0.460 e. The van der Waals surface area contributed by atoms with Crippen LogP contribution in [-0.4, -0.2) is 23.5 Å². The van der Waals surface area contributed by atoms with E-state index < -0.39 is 5.60 Å². The molecular formula is C9H15NO3. The second-order valence-electron chi connectivity index (χ2n) is 4.26. The molecule has 1 amide bonds. The predicted octanol–water partition coefficient (Wildman–Crippen LogP) is 0.607. The second kappa shape index (κ2) is 3.36. The van der Waals surface area contributed by atoms with Gasteiger partial charge in [0.05, 0.1) is 6.42 Å². The Balaban J connectivity index is 2.22. The molecule has 0 saturated carbocycles. The first-order valence-corrected chi connectivity index (χ1v) is 4.38. The highest BCUT2D eigenvalue weighted by atomic mass is 16.6. The SMILES string of the molecule is CC(C)(C)OC(=O)C[C@H]1CC(=O)N1. The Bertz CT molecular complexity index is 222. The van der Waals surface area contributed by atoms with E-state index in [1.165, 1.54) is 0 Å². The molecule has 0 unspecified atom stereocenters. The molecule has 0 radical (unpaired) electrons. The van der Waals surface area contributed by atoms with Gasteiger partial charge in [0.15, 0.2) is 0 Å². The molecule has 74 valence electrons. The molecule has 1 rings (SSSR count). The quantitative estimate of drug-likeness (QED) is 0.506. The van der Waals surface area contributed by atoms with Crippen LogP contribution in [0.3, 0.4) is 0 Å². The van der Waals surface area contributed by atoms with Crippen molar-refractivity contribution in [3.05, 3.63) is 0 Å². The summed E-state index contributed by atoms with van der Waals surface area (Å²) in [6.07, 6.45) is 0.724. The Hall–Kier alpha value is -1.06. The maximum atomic E-state index is 11.2.